The zero-order valence-electron chi connectivity index (χ0n) is 21.6. The number of nitrogens with zero attached hydrogens (tertiary/aromatic N) is 4. The van der Waals surface area contributed by atoms with Gasteiger partial charge in [0.1, 0.15) is 7.85 Å². The highest BCUT2D eigenvalue weighted by Gasteiger charge is 2.16. The lowest BCUT2D eigenvalue weighted by atomic mass is 9.94. The number of hydrogen-bond acceptors (Lipinski definition) is 5. The monoisotopic (exact) mass is 498 g/mol. The van der Waals surface area contributed by atoms with E-state index in [1.807, 2.05) is 118 Å². The maximum absolute atomic E-state index is 13.3. The summed E-state index contributed by atoms with van der Waals surface area (Å²) < 4.78 is 0. The van der Waals surface area contributed by atoms with Gasteiger partial charge in [-0.15, -0.1) is 0 Å². The average molecular weight is 498 g/mol. The first-order valence-corrected chi connectivity index (χ1v) is 12.3. The summed E-state index contributed by atoms with van der Waals surface area (Å²) in [4.78, 5) is 29.8. The van der Waals surface area contributed by atoms with Gasteiger partial charge in [-0.2, -0.15) is 0 Å². The highest BCUT2D eigenvalue weighted by Crippen LogP contribution is 2.25. The second kappa shape index (κ2) is 11.0. The number of hydrogen-bond donors (Lipinski definition) is 0. The molecule has 0 aliphatic rings. The van der Waals surface area contributed by atoms with E-state index >= 15 is 0 Å². The minimum Gasteiger partial charge on any atom is -0.380 e. The molecular weight excluding hydrogens is 471 g/mol. The van der Waals surface area contributed by atoms with Crippen LogP contribution >= 0.6 is 0 Å². The largest absolute Gasteiger partial charge is 0.380 e. The molecule has 0 spiro atoms. The standard InChI is InChI=1S/C31H27BN4O2/c1-35(31(37)24-11-9-22(10-12-24)29-7-3-5-17-33-29)26-19-25(32)20-27(21-26)36(2)38-28-15-13-23(14-16-28)30-8-4-6-18-34-30/h3-21H,32H2,1-2H3. The number of carbonyl (C=O) groups is 1. The molecule has 0 saturated carbocycles. The number of hydroxylamine groups is 1. The number of anilines is 2. The Kier molecular flexibility index (Phi) is 7.18. The Balaban J connectivity index is 1.30. The van der Waals surface area contributed by atoms with Crippen molar-refractivity contribution < 1.29 is 9.63 Å². The lowest BCUT2D eigenvalue weighted by Crippen LogP contribution is -2.28. The summed E-state index contributed by atoms with van der Waals surface area (Å²) in [7, 11) is 5.64. The van der Waals surface area contributed by atoms with Crippen molar-refractivity contribution in [3.05, 3.63) is 121 Å². The normalized spacial score (nSPS) is 10.6. The topological polar surface area (TPSA) is 58.6 Å². The van der Waals surface area contributed by atoms with Crippen LogP contribution in [0.5, 0.6) is 5.75 Å². The van der Waals surface area contributed by atoms with Crippen molar-refractivity contribution in [3.8, 4) is 28.3 Å². The maximum Gasteiger partial charge on any atom is 0.258 e. The fourth-order valence-corrected chi connectivity index (χ4v) is 4.18. The maximum atomic E-state index is 13.3. The van der Waals surface area contributed by atoms with E-state index in [2.05, 4.69) is 9.97 Å². The van der Waals surface area contributed by atoms with Crippen LogP contribution in [0.1, 0.15) is 10.4 Å². The number of carbonyl (C=O) groups excluding carboxylic acids is 1. The predicted octanol–water partition coefficient (Wildman–Crippen LogP) is 4.78. The fraction of sp³-hybridized carbons (Fsp3) is 0.0645. The van der Waals surface area contributed by atoms with E-state index in [1.54, 1.807) is 29.4 Å². The summed E-state index contributed by atoms with van der Waals surface area (Å²) in [5.41, 5.74) is 7.00. The van der Waals surface area contributed by atoms with E-state index in [1.165, 1.54) is 0 Å². The van der Waals surface area contributed by atoms with Gasteiger partial charge < -0.3 is 9.74 Å². The molecule has 6 nitrogen and oxygen atoms in total. The molecule has 2 heterocycles. The quantitative estimate of drug-likeness (QED) is 0.239. The van der Waals surface area contributed by atoms with Gasteiger partial charge in [-0.05, 0) is 78.9 Å². The van der Waals surface area contributed by atoms with E-state index in [-0.39, 0.29) is 5.91 Å². The van der Waals surface area contributed by atoms with Crippen LogP contribution in [-0.4, -0.2) is 37.8 Å². The molecule has 0 aliphatic carbocycles. The van der Waals surface area contributed by atoms with Gasteiger partial charge in [-0.1, -0.05) is 29.7 Å². The molecular formula is C31H27BN4O2. The predicted molar refractivity (Wildman–Crippen MR) is 156 cm³/mol. The van der Waals surface area contributed by atoms with Gasteiger partial charge >= 0.3 is 0 Å². The number of pyridine rings is 2. The van der Waals surface area contributed by atoms with E-state index in [0.29, 0.717) is 11.3 Å². The third kappa shape index (κ3) is 5.57. The van der Waals surface area contributed by atoms with Crippen LogP contribution in [0.4, 0.5) is 11.4 Å². The molecule has 0 bridgehead atoms. The Morgan fingerprint density at radius 2 is 1.26 bits per heavy atom. The Morgan fingerprint density at radius 1 is 0.711 bits per heavy atom. The van der Waals surface area contributed by atoms with Gasteiger partial charge in [0.15, 0.2) is 5.75 Å². The van der Waals surface area contributed by atoms with Crippen LogP contribution in [0, 0.1) is 0 Å². The SMILES string of the molecule is Bc1cc(N(C)Oc2ccc(-c3ccccn3)cc2)cc(N(C)C(=O)c2ccc(-c3ccccn3)cc2)c1. The van der Waals surface area contributed by atoms with Crippen molar-refractivity contribution in [2.75, 3.05) is 24.1 Å². The fourth-order valence-electron chi connectivity index (χ4n) is 4.18. The van der Waals surface area contributed by atoms with Crippen LogP contribution < -0.4 is 20.3 Å². The van der Waals surface area contributed by atoms with Crippen molar-refractivity contribution in [1.82, 2.24) is 9.97 Å². The van der Waals surface area contributed by atoms with Gasteiger partial charge in [-0.3, -0.25) is 14.8 Å². The van der Waals surface area contributed by atoms with Crippen molar-refractivity contribution in [1.29, 1.82) is 0 Å². The van der Waals surface area contributed by atoms with Gasteiger partial charge in [-0.25, -0.2) is 5.06 Å². The Bertz CT molecular complexity index is 1530. The summed E-state index contributed by atoms with van der Waals surface area (Å²) in [5.74, 6) is 0.607. The lowest BCUT2D eigenvalue weighted by molar-refractivity contribution is 0.0993. The van der Waals surface area contributed by atoms with Crippen molar-refractivity contribution in [2.24, 2.45) is 0 Å². The number of rotatable bonds is 7. The molecule has 1 amide bonds. The van der Waals surface area contributed by atoms with Crippen LogP contribution in [0.3, 0.4) is 0 Å². The highest BCUT2D eigenvalue weighted by molar-refractivity contribution is 6.33. The highest BCUT2D eigenvalue weighted by atomic mass is 16.7. The molecule has 0 radical (unpaired) electrons. The third-order valence-corrected chi connectivity index (χ3v) is 6.25. The second-order valence-electron chi connectivity index (χ2n) is 9.01. The second-order valence-corrected chi connectivity index (χ2v) is 9.01. The van der Waals surface area contributed by atoms with Crippen molar-refractivity contribution in [2.45, 2.75) is 0 Å². The Hall–Kier alpha value is -4.91. The molecule has 0 N–H and O–H groups in total. The van der Waals surface area contributed by atoms with E-state index < -0.39 is 0 Å². The van der Waals surface area contributed by atoms with Gasteiger partial charge in [0.25, 0.3) is 5.91 Å². The van der Waals surface area contributed by atoms with Crippen LogP contribution in [0.15, 0.2) is 116 Å². The van der Waals surface area contributed by atoms with Gasteiger partial charge in [0.2, 0.25) is 0 Å². The molecule has 0 saturated heterocycles. The van der Waals surface area contributed by atoms with Gasteiger partial charge in [0, 0.05) is 48.9 Å². The van der Waals surface area contributed by atoms with Crippen LogP contribution in [-0.2, 0) is 0 Å². The Labute approximate surface area is 223 Å². The molecule has 0 unspecified atom stereocenters. The summed E-state index contributed by atoms with van der Waals surface area (Å²) >= 11 is 0. The number of amides is 1. The molecule has 3 aromatic carbocycles. The first-order valence-electron chi connectivity index (χ1n) is 12.3. The summed E-state index contributed by atoms with van der Waals surface area (Å²) in [6.45, 7) is 0. The number of aromatic nitrogens is 2. The number of benzene rings is 3. The van der Waals surface area contributed by atoms with Crippen molar-refractivity contribution in [3.63, 3.8) is 0 Å². The van der Waals surface area contributed by atoms with Crippen molar-refractivity contribution >= 4 is 30.6 Å². The molecule has 0 atom stereocenters. The molecule has 5 rings (SSSR count). The molecule has 7 heteroatoms. The molecule has 38 heavy (non-hydrogen) atoms. The van der Waals surface area contributed by atoms with E-state index in [9.17, 15) is 4.79 Å². The van der Waals surface area contributed by atoms with Gasteiger partial charge in [0.05, 0.1) is 17.1 Å². The average Bonchev–Trinajstić information content (AvgIpc) is 2.97. The molecule has 0 aliphatic heterocycles. The van der Waals surface area contributed by atoms with E-state index in [4.69, 9.17) is 4.84 Å². The zero-order chi connectivity index (χ0) is 26.5. The summed E-state index contributed by atoms with van der Waals surface area (Å²) in [5, 5.41) is 1.70. The lowest BCUT2D eigenvalue weighted by Gasteiger charge is -2.24. The molecule has 186 valence electrons. The zero-order valence-corrected chi connectivity index (χ0v) is 21.6. The smallest absolute Gasteiger partial charge is 0.258 e. The summed E-state index contributed by atoms with van der Waals surface area (Å²) in [6.07, 6.45) is 3.54. The van der Waals surface area contributed by atoms with Crippen LogP contribution in [0.25, 0.3) is 22.5 Å². The van der Waals surface area contributed by atoms with Crippen LogP contribution in [0.2, 0.25) is 0 Å². The third-order valence-electron chi connectivity index (χ3n) is 6.25. The minimum absolute atomic E-state index is 0.0946. The Morgan fingerprint density at radius 3 is 1.82 bits per heavy atom. The van der Waals surface area contributed by atoms with E-state index in [0.717, 1.165) is 39.4 Å². The summed E-state index contributed by atoms with van der Waals surface area (Å²) in [6, 6.07) is 32.9. The first-order chi connectivity index (χ1) is 18.5. The minimum atomic E-state index is -0.0946. The molecule has 5 aromatic rings. The molecule has 2 aromatic heterocycles. The first kappa shape index (κ1) is 24.8. The molecule has 0 fully saturated rings.